The third kappa shape index (κ3) is 2.55. The summed E-state index contributed by atoms with van der Waals surface area (Å²) in [6, 6.07) is 0. The molecule has 0 spiro atoms. The lowest BCUT2D eigenvalue weighted by Gasteiger charge is -2.04. The average molecular weight is 211 g/mol. The SMILES string of the molecule is CCOC(=O)/C(=N\OC)c1nccn1C. The van der Waals surface area contributed by atoms with Crippen molar-refractivity contribution in [3.63, 3.8) is 0 Å². The lowest BCUT2D eigenvalue weighted by molar-refractivity contribution is -0.135. The highest BCUT2D eigenvalue weighted by Crippen LogP contribution is 2.00. The van der Waals surface area contributed by atoms with Crippen LogP contribution in [-0.2, 0) is 21.4 Å². The molecule has 15 heavy (non-hydrogen) atoms. The number of esters is 1. The summed E-state index contributed by atoms with van der Waals surface area (Å²) in [5, 5.41) is 3.60. The van der Waals surface area contributed by atoms with Crippen molar-refractivity contribution in [2.75, 3.05) is 13.7 Å². The zero-order valence-corrected chi connectivity index (χ0v) is 8.93. The molecule has 0 aliphatic rings. The van der Waals surface area contributed by atoms with Crippen LogP contribution in [0.5, 0.6) is 0 Å². The van der Waals surface area contributed by atoms with Crippen LogP contribution in [0.4, 0.5) is 0 Å². The normalized spacial score (nSPS) is 11.3. The number of nitrogens with zero attached hydrogens (tertiary/aromatic N) is 3. The van der Waals surface area contributed by atoms with Crippen molar-refractivity contribution in [1.29, 1.82) is 0 Å². The van der Waals surface area contributed by atoms with E-state index in [4.69, 9.17) is 4.74 Å². The van der Waals surface area contributed by atoms with Gasteiger partial charge in [-0.3, -0.25) is 0 Å². The molecule has 0 radical (unpaired) electrons. The maximum Gasteiger partial charge on any atom is 0.364 e. The van der Waals surface area contributed by atoms with E-state index in [1.807, 2.05) is 0 Å². The Kier molecular flexibility index (Phi) is 3.84. The van der Waals surface area contributed by atoms with Crippen molar-refractivity contribution in [2.24, 2.45) is 12.2 Å². The van der Waals surface area contributed by atoms with Crippen LogP contribution >= 0.6 is 0 Å². The second-order valence-corrected chi connectivity index (χ2v) is 2.70. The summed E-state index contributed by atoms with van der Waals surface area (Å²) in [5.41, 5.74) is 0.0619. The number of carbonyl (C=O) groups is 1. The third-order valence-corrected chi connectivity index (χ3v) is 1.68. The van der Waals surface area contributed by atoms with E-state index in [9.17, 15) is 4.79 Å². The molecule has 6 nitrogen and oxygen atoms in total. The second-order valence-electron chi connectivity index (χ2n) is 2.70. The van der Waals surface area contributed by atoms with Crippen LogP contribution in [0.1, 0.15) is 12.7 Å². The fraction of sp³-hybridized carbons (Fsp3) is 0.444. The van der Waals surface area contributed by atoms with Gasteiger partial charge in [0.1, 0.15) is 7.11 Å². The van der Waals surface area contributed by atoms with Gasteiger partial charge in [-0.1, -0.05) is 5.16 Å². The molecule has 0 saturated carbocycles. The van der Waals surface area contributed by atoms with E-state index in [0.717, 1.165) is 0 Å². The van der Waals surface area contributed by atoms with E-state index in [1.165, 1.54) is 7.11 Å². The fourth-order valence-corrected chi connectivity index (χ4v) is 1.05. The van der Waals surface area contributed by atoms with E-state index in [2.05, 4.69) is 15.0 Å². The molecule has 0 aromatic carbocycles. The van der Waals surface area contributed by atoms with Crippen molar-refractivity contribution >= 4 is 11.7 Å². The molecule has 82 valence electrons. The van der Waals surface area contributed by atoms with Gasteiger partial charge in [0, 0.05) is 19.4 Å². The number of carbonyl (C=O) groups excluding carboxylic acids is 1. The number of hydrogen-bond donors (Lipinski definition) is 0. The van der Waals surface area contributed by atoms with Crippen LogP contribution in [0.15, 0.2) is 17.5 Å². The van der Waals surface area contributed by atoms with Crippen LogP contribution in [0, 0.1) is 0 Å². The predicted octanol–water partition coefficient (Wildman–Crippen LogP) is 0.334. The second kappa shape index (κ2) is 5.14. The third-order valence-electron chi connectivity index (χ3n) is 1.68. The van der Waals surface area contributed by atoms with Crippen LogP contribution in [0.3, 0.4) is 0 Å². The molecule has 0 aliphatic carbocycles. The topological polar surface area (TPSA) is 65.7 Å². The van der Waals surface area contributed by atoms with Gasteiger partial charge in [-0.15, -0.1) is 0 Å². The first-order valence-corrected chi connectivity index (χ1v) is 4.46. The van der Waals surface area contributed by atoms with Gasteiger partial charge in [0.25, 0.3) is 0 Å². The minimum absolute atomic E-state index is 0.0619. The van der Waals surface area contributed by atoms with Crippen molar-refractivity contribution < 1.29 is 14.4 Å². The van der Waals surface area contributed by atoms with Gasteiger partial charge in [-0.2, -0.15) is 0 Å². The highest BCUT2D eigenvalue weighted by molar-refractivity contribution is 6.42. The Balaban J connectivity index is 2.99. The van der Waals surface area contributed by atoms with Crippen LogP contribution in [-0.4, -0.2) is 34.9 Å². The number of rotatable bonds is 4. The van der Waals surface area contributed by atoms with Gasteiger partial charge in [0.15, 0.2) is 5.82 Å². The first kappa shape index (κ1) is 11.2. The Bertz CT molecular complexity index is 370. The molecule has 6 heteroatoms. The zero-order chi connectivity index (χ0) is 11.3. The van der Waals surface area contributed by atoms with E-state index in [0.29, 0.717) is 5.82 Å². The molecule has 0 amide bonds. The van der Waals surface area contributed by atoms with E-state index in [1.54, 1.807) is 30.9 Å². The molecule has 0 bridgehead atoms. The molecule has 0 unspecified atom stereocenters. The van der Waals surface area contributed by atoms with Crippen LogP contribution in [0.2, 0.25) is 0 Å². The zero-order valence-electron chi connectivity index (χ0n) is 8.93. The van der Waals surface area contributed by atoms with Crippen molar-refractivity contribution in [2.45, 2.75) is 6.92 Å². The quantitative estimate of drug-likeness (QED) is 0.409. The molecule has 0 saturated heterocycles. The smallest absolute Gasteiger partial charge is 0.364 e. The summed E-state index contributed by atoms with van der Waals surface area (Å²) in [6.07, 6.45) is 3.28. The molecule has 0 atom stereocenters. The molecule has 0 fully saturated rings. The Morgan fingerprint density at radius 2 is 2.40 bits per heavy atom. The van der Waals surface area contributed by atoms with Gasteiger partial charge in [-0.25, -0.2) is 9.78 Å². The molecular weight excluding hydrogens is 198 g/mol. The number of aryl methyl sites for hydroxylation is 1. The first-order valence-electron chi connectivity index (χ1n) is 4.46. The van der Waals surface area contributed by atoms with Gasteiger partial charge in [0.05, 0.1) is 6.61 Å². The molecule has 0 N–H and O–H groups in total. The predicted molar refractivity (Wildman–Crippen MR) is 53.4 cm³/mol. The molecule has 1 aromatic heterocycles. The molecular formula is C9H13N3O3. The Morgan fingerprint density at radius 3 is 2.87 bits per heavy atom. The van der Waals surface area contributed by atoms with E-state index >= 15 is 0 Å². The highest BCUT2D eigenvalue weighted by Gasteiger charge is 2.20. The highest BCUT2D eigenvalue weighted by atomic mass is 16.6. The largest absolute Gasteiger partial charge is 0.461 e. The maximum absolute atomic E-state index is 11.5. The summed E-state index contributed by atoms with van der Waals surface area (Å²) in [7, 11) is 3.12. The maximum atomic E-state index is 11.5. The Morgan fingerprint density at radius 1 is 1.67 bits per heavy atom. The standard InChI is InChI=1S/C9H13N3O3/c1-4-15-9(13)7(11-14-3)8-10-5-6-12(8)2/h5-6H,4H2,1-3H3/b11-7-. The summed E-state index contributed by atoms with van der Waals surface area (Å²) in [4.78, 5) is 20.1. The molecule has 0 aliphatic heterocycles. The summed E-state index contributed by atoms with van der Waals surface area (Å²) in [6.45, 7) is 2.01. The van der Waals surface area contributed by atoms with Crippen molar-refractivity contribution in [3.8, 4) is 0 Å². The number of oxime groups is 1. The van der Waals surface area contributed by atoms with Gasteiger partial charge in [0.2, 0.25) is 5.71 Å². The van der Waals surface area contributed by atoms with Crippen molar-refractivity contribution in [1.82, 2.24) is 9.55 Å². The van der Waals surface area contributed by atoms with Crippen LogP contribution < -0.4 is 0 Å². The minimum atomic E-state index is -0.548. The Labute approximate surface area is 87.5 Å². The number of ether oxygens (including phenoxy) is 1. The van der Waals surface area contributed by atoms with Crippen LogP contribution in [0.25, 0.3) is 0 Å². The monoisotopic (exact) mass is 211 g/mol. The molecule has 1 aromatic rings. The van der Waals surface area contributed by atoms with Gasteiger partial charge < -0.3 is 14.1 Å². The van der Waals surface area contributed by atoms with Crippen molar-refractivity contribution in [3.05, 3.63) is 18.2 Å². The number of imidazole rings is 1. The lowest BCUT2D eigenvalue weighted by atomic mass is 10.3. The van der Waals surface area contributed by atoms with Gasteiger partial charge >= 0.3 is 5.97 Å². The average Bonchev–Trinajstić information content (AvgIpc) is 2.61. The summed E-state index contributed by atoms with van der Waals surface area (Å²) in [5.74, 6) is -0.135. The number of hydrogen-bond acceptors (Lipinski definition) is 5. The number of aromatic nitrogens is 2. The first-order chi connectivity index (χ1) is 7.20. The minimum Gasteiger partial charge on any atom is -0.461 e. The Hall–Kier alpha value is -1.85. The van der Waals surface area contributed by atoms with E-state index in [-0.39, 0.29) is 12.3 Å². The van der Waals surface area contributed by atoms with E-state index < -0.39 is 5.97 Å². The molecule has 1 heterocycles. The summed E-state index contributed by atoms with van der Waals surface area (Å²) < 4.78 is 6.49. The lowest BCUT2D eigenvalue weighted by Crippen LogP contribution is -2.22. The van der Waals surface area contributed by atoms with Gasteiger partial charge in [-0.05, 0) is 6.92 Å². The summed E-state index contributed by atoms with van der Waals surface area (Å²) >= 11 is 0. The molecule has 1 rings (SSSR count). The fourth-order valence-electron chi connectivity index (χ4n) is 1.05.